The summed E-state index contributed by atoms with van der Waals surface area (Å²) in [5.41, 5.74) is 1.20. The number of hydrogen-bond acceptors (Lipinski definition) is 4. The topological polar surface area (TPSA) is 64.4 Å². The minimum Gasteiger partial charge on any atom is -0.494 e. The second-order valence-electron chi connectivity index (χ2n) is 5.47. The summed E-state index contributed by atoms with van der Waals surface area (Å²) in [6.07, 6.45) is 4.91. The molecule has 5 heteroatoms. The van der Waals surface area contributed by atoms with Gasteiger partial charge in [0.15, 0.2) is 0 Å². The number of rotatable bonds is 7. The van der Waals surface area contributed by atoms with Crippen LogP contribution in [0.1, 0.15) is 39.5 Å². The Morgan fingerprint density at radius 3 is 2.60 bits per heavy atom. The summed E-state index contributed by atoms with van der Waals surface area (Å²) < 4.78 is 5.39. The van der Waals surface area contributed by atoms with E-state index in [1.54, 1.807) is 6.07 Å². The molecule has 0 atom stereocenters. The average molecular weight is 278 g/mol. The predicted molar refractivity (Wildman–Crippen MR) is 79.3 cm³/mol. The van der Waals surface area contributed by atoms with E-state index in [4.69, 9.17) is 4.74 Å². The van der Waals surface area contributed by atoms with Crippen molar-refractivity contribution in [3.05, 3.63) is 28.3 Å². The highest BCUT2D eigenvalue weighted by atomic mass is 16.6. The van der Waals surface area contributed by atoms with Gasteiger partial charge in [-0.3, -0.25) is 10.1 Å². The molecule has 1 aromatic carbocycles. The zero-order valence-electron chi connectivity index (χ0n) is 12.1. The third-order valence-corrected chi connectivity index (χ3v) is 4.24. The van der Waals surface area contributed by atoms with Gasteiger partial charge in [0.2, 0.25) is 0 Å². The molecule has 0 spiro atoms. The van der Waals surface area contributed by atoms with Crippen molar-refractivity contribution in [3.63, 3.8) is 0 Å². The van der Waals surface area contributed by atoms with Crippen LogP contribution in [-0.2, 0) is 0 Å². The van der Waals surface area contributed by atoms with Crippen molar-refractivity contribution < 1.29 is 9.66 Å². The Balaban J connectivity index is 2.11. The molecule has 110 valence electrons. The lowest BCUT2D eigenvalue weighted by Crippen LogP contribution is -2.35. The number of hydrogen-bond donors (Lipinski definition) is 1. The zero-order chi connectivity index (χ0) is 14.6. The molecule has 1 aromatic rings. The summed E-state index contributed by atoms with van der Waals surface area (Å²) in [4.78, 5) is 10.6. The highest BCUT2D eigenvalue weighted by Gasteiger charge is 2.34. The van der Waals surface area contributed by atoms with Crippen LogP contribution >= 0.6 is 0 Å². The van der Waals surface area contributed by atoms with Gasteiger partial charge in [-0.25, -0.2) is 0 Å². The molecule has 0 aromatic heterocycles. The fraction of sp³-hybridized carbons (Fsp3) is 0.600. The van der Waals surface area contributed by atoms with Gasteiger partial charge >= 0.3 is 0 Å². The van der Waals surface area contributed by atoms with Crippen LogP contribution < -0.4 is 10.1 Å². The summed E-state index contributed by atoms with van der Waals surface area (Å²) in [7, 11) is 0. The number of nitro benzene ring substituents is 1. The molecular formula is C15H22N2O3. The second kappa shape index (κ2) is 6.11. The molecule has 0 radical (unpaired) electrons. The van der Waals surface area contributed by atoms with Crippen LogP contribution in [0.15, 0.2) is 18.2 Å². The largest absolute Gasteiger partial charge is 0.494 e. The quantitative estimate of drug-likeness (QED) is 0.605. The van der Waals surface area contributed by atoms with E-state index >= 15 is 0 Å². The highest BCUT2D eigenvalue weighted by molar-refractivity contribution is 5.56. The Hall–Kier alpha value is -1.78. The molecule has 0 bridgehead atoms. The van der Waals surface area contributed by atoms with Crippen LogP contribution in [0.5, 0.6) is 5.75 Å². The molecule has 0 aliphatic heterocycles. The minimum atomic E-state index is -0.382. The Kier molecular flexibility index (Phi) is 4.47. The van der Waals surface area contributed by atoms with Gasteiger partial charge in [0.05, 0.1) is 17.6 Å². The van der Waals surface area contributed by atoms with Gasteiger partial charge in [0, 0.05) is 24.4 Å². The number of nitrogens with one attached hydrogen (secondary N) is 1. The van der Waals surface area contributed by atoms with E-state index in [0.717, 1.165) is 18.7 Å². The normalized spacial score (nSPS) is 16.3. The first-order valence-electron chi connectivity index (χ1n) is 7.25. The smallest absolute Gasteiger partial charge is 0.275 e. The van der Waals surface area contributed by atoms with Crippen LogP contribution in [0.2, 0.25) is 0 Å². The number of benzene rings is 1. The van der Waals surface area contributed by atoms with Crippen molar-refractivity contribution in [2.75, 3.05) is 18.5 Å². The molecule has 20 heavy (non-hydrogen) atoms. The van der Waals surface area contributed by atoms with E-state index in [9.17, 15) is 10.1 Å². The monoisotopic (exact) mass is 278 g/mol. The minimum absolute atomic E-state index is 0.0672. The first-order valence-corrected chi connectivity index (χ1v) is 7.25. The highest BCUT2D eigenvalue weighted by Crippen LogP contribution is 2.43. The van der Waals surface area contributed by atoms with Crippen molar-refractivity contribution in [1.29, 1.82) is 0 Å². The number of anilines is 1. The first-order chi connectivity index (χ1) is 9.58. The summed E-state index contributed by atoms with van der Waals surface area (Å²) in [5, 5.41) is 14.3. The number of ether oxygens (including phenoxy) is 1. The lowest BCUT2D eigenvalue weighted by atomic mass is 9.67. The molecule has 1 fully saturated rings. The predicted octanol–water partition coefficient (Wildman–Crippen LogP) is 3.99. The number of non-ortho nitro benzene ring substituents is 1. The molecule has 0 amide bonds. The maximum Gasteiger partial charge on any atom is 0.275 e. The maximum absolute atomic E-state index is 11.0. The van der Waals surface area contributed by atoms with Gasteiger partial charge in [0.25, 0.3) is 5.69 Å². The van der Waals surface area contributed by atoms with Crippen LogP contribution in [0.25, 0.3) is 0 Å². The molecule has 0 saturated heterocycles. The first kappa shape index (κ1) is 14.6. The lowest BCUT2D eigenvalue weighted by molar-refractivity contribution is -0.384. The number of nitrogens with zero attached hydrogens (tertiary/aromatic N) is 1. The van der Waals surface area contributed by atoms with E-state index in [-0.39, 0.29) is 10.6 Å². The average Bonchev–Trinajstić information content (AvgIpc) is 2.38. The third-order valence-electron chi connectivity index (χ3n) is 4.24. The van der Waals surface area contributed by atoms with E-state index in [2.05, 4.69) is 12.2 Å². The van der Waals surface area contributed by atoms with Crippen molar-refractivity contribution in [1.82, 2.24) is 0 Å². The Bertz CT molecular complexity index is 478. The van der Waals surface area contributed by atoms with Crippen LogP contribution in [-0.4, -0.2) is 18.1 Å². The Morgan fingerprint density at radius 1 is 1.35 bits per heavy atom. The SMILES string of the molecule is CCOc1cc(NCC2(CC)CCC2)cc([N+](=O)[O-])c1. The molecule has 1 saturated carbocycles. The Morgan fingerprint density at radius 2 is 2.10 bits per heavy atom. The molecule has 5 nitrogen and oxygen atoms in total. The van der Waals surface area contributed by atoms with Crippen molar-refractivity contribution in [3.8, 4) is 5.75 Å². The zero-order valence-corrected chi connectivity index (χ0v) is 12.1. The van der Waals surface area contributed by atoms with Gasteiger partial charge in [-0.1, -0.05) is 13.3 Å². The Labute approximate surface area is 119 Å². The van der Waals surface area contributed by atoms with Gasteiger partial charge in [-0.2, -0.15) is 0 Å². The van der Waals surface area contributed by atoms with Gasteiger partial charge in [-0.15, -0.1) is 0 Å². The summed E-state index contributed by atoms with van der Waals surface area (Å²) in [6, 6.07) is 4.87. The van der Waals surface area contributed by atoms with E-state index < -0.39 is 0 Å². The molecule has 1 aliphatic rings. The molecule has 0 unspecified atom stereocenters. The summed E-state index contributed by atoms with van der Waals surface area (Å²) in [6.45, 7) is 5.45. The van der Waals surface area contributed by atoms with Gasteiger partial charge < -0.3 is 10.1 Å². The summed E-state index contributed by atoms with van der Waals surface area (Å²) in [5.74, 6) is 0.545. The third kappa shape index (κ3) is 3.21. The fourth-order valence-corrected chi connectivity index (χ4v) is 2.66. The number of nitro groups is 1. The van der Waals surface area contributed by atoms with E-state index in [1.165, 1.54) is 25.3 Å². The van der Waals surface area contributed by atoms with Gasteiger partial charge in [-0.05, 0) is 31.6 Å². The van der Waals surface area contributed by atoms with Crippen LogP contribution in [0.3, 0.4) is 0 Å². The second-order valence-corrected chi connectivity index (χ2v) is 5.47. The molecule has 2 rings (SSSR count). The lowest BCUT2D eigenvalue weighted by Gasteiger charge is -2.41. The van der Waals surface area contributed by atoms with Crippen molar-refractivity contribution in [2.24, 2.45) is 5.41 Å². The van der Waals surface area contributed by atoms with Crippen LogP contribution in [0.4, 0.5) is 11.4 Å². The molecule has 0 heterocycles. The standard InChI is InChI=1S/C15H22N2O3/c1-3-15(6-5-7-15)11-16-12-8-13(17(18)19)10-14(9-12)20-4-2/h8-10,16H,3-7,11H2,1-2H3. The van der Waals surface area contributed by atoms with Crippen molar-refractivity contribution >= 4 is 11.4 Å². The van der Waals surface area contributed by atoms with E-state index in [0.29, 0.717) is 17.8 Å². The fourth-order valence-electron chi connectivity index (χ4n) is 2.66. The van der Waals surface area contributed by atoms with Gasteiger partial charge in [0.1, 0.15) is 5.75 Å². The van der Waals surface area contributed by atoms with Crippen molar-refractivity contribution in [2.45, 2.75) is 39.5 Å². The maximum atomic E-state index is 11.0. The molecule has 1 aliphatic carbocycles. The molecular weight excluding hydrogens is 256 g/mol. The summed E-state index contributed by atoms with van der Waals surface area (Å²) >= 11 is 0. The molecule has 1 N–H and O–H groups in total. The van der Waals surface area contributed by atoms with Crippen LogP contribution in [0, 0.1) is 15.5 Å². The van der Waals surface area contributed by atoms with E-state index in [1.807, 2.05) is 13.0 Å².